The number of thiophene rings is 1. The van der Waals surface area contributed by atoms with Gasteiger partial charge in [0.1, 0.15) is 22.8 Å². The van der Waals surface area contributed by atoms with E-state index < -0.39 is 0 Å². The Balaban J connectivity index is 1.96. The molecule has 24 heavy (non-hydrogen) atoms. The molecule has 8 heteroatoms. The van der Waals surface area contributed by atoms with E-state index in [2.05, 4.69) is 26.1 Å². The molecule has 0 N–H and O–H groups in total. The topological polar surface area (TPSA) is 83.0 Å². The first-order valence-electron chi connectivity index (χ1n) is 7.63. The molecule has 0 atom stereocenters. The molecule has 0 aliphatic heterocycles. The first-order chi connectivity index (χ1) is 11.7. The lowest BCUT2D eigenvalue weighted by Crippen LogP contribution is -2.08. The van der Waals surface area contributed by atoms with Crippen molar-refractivity contribution in [1.82, 2.24) is 24.6 Å². The van der Waals surface area contributed by atoms with Crippen LogP contribution in [0.2, 0.25) is 0 Å². The molecule has 120 valence electrons. The van der Waals surface area contributed by atoms with Crippen molar-refractivity contribution in [2.24, 2.45) is 4.99 Å². The van der Waals surface area contributed by atoms with Gasteiger partial charge in [-0.25, -0.2) is 15.0 Å². The van der Waals surface area contributed by atoms with Gasteiger partial charge in [-0.15, -0.1) is 11.3 Å². The van der Waals surface area contributed by atoms with Gasteiger partial charge in [-0.2, -0.15) is 15.0 Å². The number of aliphatic imine (C=N–C) groups is 1. The summed E-state index contributed by atoms with van der Waals surface area (Å²) in [7, 11) is 3.76. The highest BCUT2D eigenvalue weighted by Gasteiger charge is 2.23. The molecular formula is C16H15N7S. The van der Waals surface area contributed by atoms with Crippen LogP contribution in [0.3, 0.4) is 0 Å². The molecule has 0 spiro atoms. The van der Waals surface area contributed by atoms with Crippen LogP contribution in [-0.2, 0) is 12.8 Å². The van der Waals surface area contributed by atoms with E-state index in [-0.39, 0.29) is 0 Å². The van der Waals surface area contributed by atoms with Crippen molar-refractivity contribution in [2.45, 2.75) is 19.3 Å². The smallest absolute Gasteiger partial charge is 0.176 e. The number of aromatic nitrogens is 4. The second-order valence-corrected chi connectivity index (χ2v) is 6.93. The van der Waals surface area contributed by atoms with E-state index in [0.717, 1.165) is 23.1 Å². The summed E-state index contributed by atoms with van der Waals surface area (Å²) >= 11 is 1.73. The Bertz CT molecular complexity index is 990. The molecule has 0 saturated heterocycles. The summed E-state index contributed by atoms with van der Waals surface area (Å²) in [5.74, 6) is 1.19. The zero-order valence-electron chi connectivity index (χ0n) is 13.4. The quantitative estimate of drug-likeness (QED) is 0.541. The molecule has 3 aromatic heterocycles. The molecule has 0 bridgehead atoms. The Labute approximate surface area is 142 Å². The van der Waals surface area contributed by atoms with Gasteiger partial charge in [0.05, 0.1) is 17.9 Å². The predicted molar refractivity (Wildman–Crippen MR) is 93.1 cm³/mol. The molecule has 1 aliphatic rings. The van der Waals surface area contributed by atoms with Crippen LogP contribution in [-0.4, -0.2) is 45.1 Å². The molecular weight excluding hydrogens is 322 g/mol. The number of hydrogen-bond donors (Lipinski definition) is 0. The standard InChI is InChI=1S/C16H15N7S/c1-22(2)9-20-14-10(6-17)7-21-23(14)15-13-11-4-3-5-12(11)24-16(13)19-8-18-15/h7-9H,3-5H2,1-2H3. The van der Waals surface area contributed by atoms with Gasteiger partial charge >= 0.3 is 0 Å². The molecule has 0 saturated carbocycles. The van der Waals surface area contributed by atoms with E-state index >= 15 is 0 Å². The van der Waals surface area contributed by atoms with Crippen LogP contribution in [0.1, 0.15) is 22.4 Å². The average molecular weight is 337 g/mol. The third-order valence-electron chi connectivity index (χ3n) is 3.96. The van der Waals surface area contributed by atoms with E-state index in [1.807, 2.05) is 19.0 Å². The summed E-state index contributed by atoms with van der Waals surface area (Å²) in [6.45, 7) is 0. The van der Waals surface area contributed by atoms with Crippen molar-refractivity contribution < 1.29 is 0 Å². The van der Waals surface area contributed by atoms with Gasteiger partial charge in [-0.1, -0.05) is 0 Å². The van der Waals surface area contributed by atoms with E-state index in [4.69, 9.17) is 0 Å². The monoisotopic (exact) mass is 337 g/mol. The number of rotatable bonds is 3. The predicted octanol–water partition coefficient (Wildman–Crippen LogP) is 2.46. The second-order valence-electron chi connectivity index (χ2n) is 5.85. The Hall–Kier alpha value is -2.79. The highest BCUT2D eigenvalue weighted by Crippen LogP contribution is 2.39. The first-order valence-corrected chi connectivity index (χ1v) is 8.45. The fraction of sp³-hybridized carbons (Fsp3) is 0.312. The summed E-state index contributed by atoms with van der Waals surface area (Å²) < 4.78 is 1.65. The number of aryl methyl sites for hydroxylation is 2. The molecule has 0 radical (unpaired) electrons. The van der Waals surface area contributed by atoms with Crippen LogP contribution in [0.5, 0.6) is 0 Å². The van der Waals surface area contributed by atoms with Crippen LogP contribution < -0.4 is 0 Å². The van der Waals surface area contributed by atoms with Gasteiger partial charge in [0.2, 0.25) is 0 Å². The zero-order valence-corrected chi connectivity index (χ0v) is 14.2. The molecule has 0 fully saturated rings. The van der Waals surface area contributed by atoms with Crippen molar-refractivity contribution >= 4 is 33.7 Å². The van der Waals surface area contributed by atoms with Crippen molar-refractivity contribution in [1.29, 1.82) is 5.26 Å². The number of fused-ring (bicyclic) bond motifs is 3. The lowest BCUT2D eigenvalue weighted by Gasteiger charge is -2.07. The molecule has 0 aromatic carbocycles. The summed E-state index contributed by atoms with van der Waals surface area (Å²) in [5.41, 5.74) is 1.74. The average Bonchev–Trinajstić information content (AvgIpc) is 3.25. The highest BCUT2D eigenvalue weighted by atomic mass is 32.1. The van der Waals surface area contributed by atoms with Crippen LogP contribution in [0.25, 0.3) is 16.0 Å². The van der Waals surface area contributed by atoms with Crippen molar-refractivity contribution in [2.75, 3.05) is 14.1 Å². The lowest BCUT2D eigenvalue weighted by molar-refractivity contribution is 0.642. The largest absolute Gasteiger partial charge is 0.369 e. The van der Waals surface area contributed by atoms with Crippen LogP contribution in [0, 0.1) is 11.3 Å². The molecule has 3 aromatic rings. The van der Waals surface area contributed by atoms with E-state index in [9.17, 15) is 5.26 Å². The Morgan fingerprint density at radius 3 is 3.04 bits per heavy atom. The van der Waals surface area contributed by atoms with Crippen LogP contribution >= 0.6 is 11.3 Å². The van der Waals surface area contributed by atoms with Gasteiger partial charge in [0.15, 0.2) is 11.6 Å². The summed E-state index contributed by atoms with van der Waals surface area (Å²) in [6.07, 6.45) is 8.05. The number of nitrogens with zero attached hydrogens (tertiary/aromatic N) is 7. The summed E-state index contributed by atoms with van der Waals surface area (Å²) in [6, 6.07) is 2.15. The van der Waals surface area contributed by atoms with E-state index in [0.29, 0.717) is 17.2 Å². The van der Waals surface area contributed by atoms with E-state index in [1.165, 1.54) is 23.1 Å². The molecule has 0 unspecified atom stereocenters. The fourth-order valence-electron chi connectivity index (χ4n) is 2.94. The second kappa shape index (κ2) is 5.69. The third-order valence-corrected chi connectivity index (χ3v) is 5.16. The maximum Gasteiger partial charge on any atom is 0.176 e. The van der Waals surface area contributed by atoms with Crippen molar-refractivity contribution in [3.8, 4) is 11.9 Å². The van der Waals surface area contributed by atoms with Gasteiger partial charge in [-0.3, -0.25) is 0 Å². The Morgan fingerprint density at radius 1 is 1.38 bits per heavy atom. The minimum atomic E-state index is 0.423. The third kappa shape index (κ3) is 2.25. The maximum atomic E-state index is 9.35. The molecule has 1 aliphatic carbocycles. The van der Waals surface area contributed by atoms with Crippen LogP contribution in [0.15, 0.2) is 17.5 Å². The highest BCUT2D eigenvalue weighted by molar-refractivity contribution is 7.19. The Kier molecular flexibility index (Phi) is 3.50. The molecule has 3 heterocycles. The normalized spacial score (nSPS) is 13.5. The maximum absolute atomic E-state index is 9.35. The summed E-state index contributed by atoms with van der Waals surface area (Å²) in [4.78, 5) is 17.5. The zero-order chi connectivity index (χ0) is 16.7. The Morgan fingerprint density at radius 2 is 2.25 bits per heavy atom. The van der Waals surface area contributed by atoms with Crippen molar-refractivity contribution in [3.63, 3.8) is 0 Å². The van der Waals surface area contributed by atoms with Gasteiger partial charge in [0.25, 0.3) is 0 Å². The molecule has 4 rings (SSSR count). The van der Waals surface area contributed by atoms with Crippen LogP contribution in [0.4, 0.5) is 5.82 Å². The van der Waals surface area contributed by atoms with Gasteiger partial charge in [-0.05, 0) is 24.8 Å². The first kappa shape index (κ1) is 14.8. The number of hydrogen-bond acceptors (Lipinski definition) is 6. The molecule has 0 amide bonds. The lowest BCUT2D eigenvalue weighted by atomic mass is 10.2. The number of nitriles is 1. The minimum Gasteiger partial charge on any atom is -0.369 e. The van der Waals surface area contributed by atoms with E-state index in [1.54, 1.807) is 28.7 Å². The van der Waals surface area contributed by atoms with Crippen molar-refractivity contribution in [3.05, 3.63) is 28.5 Å². The molecule has 7 nitrogen and oxygen atoms in total. The minimum absolute atomic E-state index is 0.423. The fourth-order valence-corrected chi connectivity index (χ4v) is 4.17. The SMILES string of the molecule is CN(C)C=Nc1c(C#N)cnn1-c1ncnc2sc3c(c12)CCC3. The summed E-state index contributed by atoms with van der Waals surface area (Å²) in [5, 5.41) is 14.8. The van der Waals surface area contributed by atoms with Gasteiger partial charge in [0, 0.05) is 19.0 Å². The van der Waals surface area contributed by atoms with Gasteiger partial charge < -0.3 is 4.90 Å².